The van der Waals surface area contributed by atoms with Gasteiger partial charge in [0.2, 0.25) is 0 Å². The van der Waals surface area contributed by atoms with Crippen LogP contribution in [0.15, 0.2) is 57.8 Å². The summed E-state index contributed by atoms with van der Waals surface area (Å²) in [7, 11) is 0. The molecule has 0 radical (unpaired) electrons. The van der Waals surface area contributed by atoms with Crippen LogP contribution >= 0.6 is 0 Å². The molecule has 2 aromatic heterocycles. The second kappa shape index (κ2) is 6.17. The number of aromatic nitrogens is 2. The molecule has 0 saturated heterocycles. The molecule has 1 aliphatic heterocycles. The first kappa shape index (κ1) is 13.9. The number of azo groups is 1. The van der Waals surface area contributed by atoms with Gasteiger partial charge in [-0.25, -0.2) is 0 Å². The lowest BCUT2D eigenvalue weighted by molar-refractivity contribution is -0.121. The molecular formula is C14H13N5O3. The zero-order valence-corrected chi connectivity index (χ0v) is 11.5. The van der Waals surface area contributed by atoms with Crippen LogP contribution in [0, 0.1) is 0 Å². The van der Waals surface area contributed by atoms with Crippen molar-refractivity contribution in [2.24, 2.45) is 10.2 Å². The van der Waals surface area contributed by atoms with Crippen LogP contribution < -0.4 is 5.32 Å². The molecule has 1 N–H and O–H groups in total. The number of rotatable bonds is 5. The van der Waals surface area contributed by atoms with Gasteiger partial charge >= 0.3 is 0 Å². The summed E-state index contributed by atoms with van der Waals surface area (Å²) in [5, 5.41) is 13.9. The fourth-order valence-corrected chi connectivity index (χ4v) is 1.97. The predicted octanol–water partition coefficient (Wildman–Crippen LogP) is 1.18. The number of nitrogens with zero attached hydrogens (tertiary/aromatic N) is 4. The zero-order chi connectivity index (χ0) is 15.4. The van der Waals surface area contributed by atoms with E-state index < -0.39 is 11.9 Å². The average Bonchev–Trinajstić information content (AvgIpc) is 3.19. The minimum atomic E-state index is -0.739. The van der Waals surface area contributed by atoms with E-state index in [0.29, 0.717) is 13.1 Å². The Balaban J connectivity index is 1.49. The summed E-state index contributed by atoms with van der Waals surface area (Å²) in [6.45, 7) is 0.926. The second-order valence-corrected chi connectivity index (χ2v) is 4.65. The molecule has 0 bridgehead atoms. The molecule has 0 fully saturated rings. The fourth-order valence-electron chi connectivity index (χ4n) is 1.97. The quantitative estimate of drug-likeness (QED) is 0.895. The molecule has 2 aromatic rings. The molecule has 1 unspecified atom stereocenters. The lowest BCUT2D eigenvalue weighted by Gasteiger charge is -2.09. The highest BCUT2D eigenvalue weighted by molar-refractivity contribution is 5.92. The molecule has 112 valence electrons. The van der Waals surface area contributed by atoms with Crippen molar-refractivity contribution in [3.05, 3.63) is 43.1 Å². The standard InChI is InChI=1S/C14H13N5O3/c20-13-2-1-12(17-18-13)14(21)15-4-5-19-8-11(7-16-19)10-3-6-22-9-10/h1-3,6-9,12H,4-5H2,(H,15,21). The molecule has 3 rings (SSSR count). The first-order chi connectivity index (χ1) is 10.7. The summed E-state index contributed by atoms with van der Waals surface area (Å²) in [6, 6.07) is 1.11. The molecule has 0 aromatic carbocycles. The van der Waals surface area contributed by atoms with Gasteiger partial charge in [-0.2, -0.15) is 10.2 Å². The molecule has 8 nitrogen and oxygen atoms in total. The van der Waals surface area contributed by atoms with Crippen molar-refractivity contribution < 1.29 is 14.0 Å². The van der Waals surface area contributed by atoms with E-state index in [1.807, 2.05) is 12.3 Å². The van der Waals surface area contributed by atoms with Gasteiger partial charge in [0.15, 0.2) is 6.04 Å². The minimum Gasteiger partial charge on any atom is -0.472 e. The van der Waals surface area contributed by atoms with Crippen LogP contribution in [-0.2, 0) is 16.1 Å². The highest BCUT2D eigenvalue weighted by Gasteiger charge is 2.17. The van der Waals surface area contributed by atoms with E-state index in [4.69, 9.17) is 4.42 Å². The Bertz CT molecular complexity index is 714. The summed E-state index contributed by atoms with van der Waals surface area (Å²) < 4.78 is 6.75. The van der Waals surface area contributed by atoms with Crippen molar-refractivity contribution in [2.75, 3.05) is 6.54 Å². The maximum atomic E-state index is 11.8. The summed E-state index contributed by atoms with van der Waals surface area (Å²) in [5.74, 6) is -0.748. The third kappa shape index (κ3) is 3.17. The van der Waals surface area contributed by atoms with Crippen molar-refractivity contribution in [2.45, 2.75) is 12.6 Å². The Morgan fingerprint density at radius 3 is 3.05 bits per heavy atom. The maximum Gasteiger partial charge on any atom is 0.287 e. The van der Waals surface area contributed by atoms with E-state index in [0.717, 1.165) is 11.1 Å². The van der Waals surface area contributed by atoms with E-state index in [2.05, 4.69) is 20.6 Å². The molecule has 3 heterocycles. The van der Waals surface area contributed by atoms with E-state index in [1.54, 1.807) is 23.4 Å². The van der Waals surface area contributed by atoms with Crippen LogP contribution in [0.4, 0.5) is 0 Å². The first-order valence-corrected chi connectivity index (χ1v) is 6.68. The Hall–Kier alpha value is -3.03. The molecule has 2 amide bonds. The van der Waals surface area contributed by atoms with Crippen LogP contribution in [0.1, 0.15) is 0 Å². The third-order valence-corrected chi connectivity index (χ3v) is 3.10. The van der Waals surface area contributed by atoms with E-state index in [-0.39, 0.29) is 5.91 Å². The van der Waals surface area contributed by atoms with Gasteiger partial charge in [-0.1, -0.05) is 0 Å². The van der Waals surface area contributed by atoms with Crippen molar-refractivity contribution in [3.8, 4) is 11.1 Å². The Kier molecular flexibility index (Phi) is 3.90. The van der Waals surface area contributed by atoms with Crippen LogP contribution in [0.2, 0.25) is 0 Å². The highest BCUT2D eigenvalue weighted by Crippen LogP contribution is 2.18. The van der Waals surface area contributed by atoms with Gasteiger partial charge in [0.05, 0.1) is 25.3 Å². The lowest BCUT2D eigenvalue weighted by Crippen LogP contribution is -2.35. The van der Waals surface area contributed by atoms with Gasteiger partial charge in [0.25, 0.3) is 11.8 Å². The molecule has 0 spiro atoms. The average molecular weight is 299 g/mol. The Labute approximate surface area is 125 Å². The smallest absolute Gasteiger partial charge is 0.287 e. The number of carbonyl (C=O) groups excluding carboxylic acids is 2. The number of furan rings is 1. The third-order valence-electron chi connectivity index (χ3n) is 3.10. The summed E-state index contributed by atoms with van der Waals surface area (Å²) in [4.78, 5) is 22.7. The summed E-state index contributed by atoms with van der Waals surface area (Å²) >= 11 is 0. The molecule has 0 saturated carbocycles. The summed E-state index contributed by atoms with van der Waals surface area (Å²) in [6.07, 6.45) is 9.51. The number of hydrogen-bond acceptors (Lipinski definition) is 5. The van der Waals surface area contributed by atoms with Gasteiger partial charge in [-0.15, -0.1) is 5.11 Å². The van der Waals surface area contributed by atoms with Gasteiger partial charge in [-0.05, 0) is 12.1 Å². The predicted molar refractivity (Wildman–Crippen MR) is 75.7 cm³/mol. The molecule has 1 aliphatic rings. The van der Waals surface area contributed by atoms with Gasteiger partial charge in [0, 0.05) is 29.9 Å². The molecule has 0 aliphatic carbocycles. The largest absolute Gasteiger partial charge is 0.472 e. The van der Waals surface area contributed by atoms with Crippen LogP contribution in [0.5, 0.6) is 0 Å². The van der Waals surface area contributed by atoms with Crippen LogP contribution in [-0.4, -0.2) is 34.2 Å². The van der Waals surface area contributed by atoms with Crippen LogP contribution in [0.25, 0.3) is 11.1 Å². The molecule has 8 heteroatoms. The van der Waals surface area contributed by atoms with Crippen LogP contribution in [0.3, 0.4) is 0 Å². The van der Waals surface area contributed by atoms with Crippen molar-refractivity contribution in [1.29, 1.82) is 0 Å². The number of hydrogen-bond donors (Lipinski definition) is 1. The summed E-state index contributed by atoms with van der Waals surface area (Å²) in [5.41, 5.74) is 1.90. The highest BCUT2D eigenvalue weighted by atomic mass is 16.3. The van der Waals surface area contributed by atoms with Gasteiger partial charge in [-0.3, -0.25) is 14.3 Å². The van der Waals surface area contributed by atoms with Gasteiger partial charge < -0.3 is 9.73 Å². The Morgan fingerprint density at radius 2 is 2.32 bits per heavy atom. The topological polar surface area (TPSA) is 102 Å². The Morgan fingerprint density at radius 1 is 1.41 bits per heavy atom. The van der Waals surface area contributed by atoms with E-state index in [1.165, 1.54) is 12.2 Å². The second-order valence-electron chi connectivity index (χ2n) is 4.65. The monoisotopic (exact) mass is 299 g/mol. The van der Waals surface area contributed by atoms with E-state index >= 15 is 0 Å². The lowest BCUT2D eigenvalue weighted by atomic mass is 10.2. The first-order valence-electron chi connectivity index (χ1n) is 6.68. The zero-order valence-electron chi connectivity index (χ0n) is 11.5. The van der Waals surface area contributed by atoms with Gasteiger partial charge in [0.1, 0.15) is 0 Å². The van der Waals surface area contributed by atoms with Crippen molar-refractivity contribution in [3.63, 3.8) is 0 Å². The fraction of sp³-hybridized carbons (Fsp3) is 0.214. The molecular weight excluding hydrogens is 286 g/mol. The number of amides is 2. The normalized spacial score (nSPS) is 16.9. The number of carbonyl (C=O) groups is 2. The van der Waals surface area contributed by atoms with E-state index in [9.17, 15) is 9.59 Å². The van der Waals surface area contributed by atoms with Crippen molar-refractivity contribution in [1.82, 2.24) is 15.1 Å². The van der Waals surface area contributed by atoms with Crippen molar-refractivity contribution >= 4 is 11.8 Å². The molecule has 1 atom stereocenters. The minimum absolute atomic E-state index is 0.297. The maximum absolute atomic E-state index is 11.8. The number of nitrogens with one attached hydrogen (secondary N) is 1. The SMILES string of the molecule is O=C1C=CC(C(=O)NCCn2cc(-c3ccoc3)cn2)N=N1. The molecule has 22 heavy (non-hydrogen) atoms.